The first-order valence-corrected chi connectivity index (χ1v) is 11.3. The van der Waals surface area contributed by atoms with Crippen LogP contribution >= 0.6 is 0 Å². The summed E-state index contributed by atoms with van der Waals surface area (Å²) in [6.07, 6.45) is 7.47. The van der Waals surface area contributed by atoms with Crippen molar-refractivity contribution < 1.29 is 14.3 Å². The maximum atomic E-state index is 13.6. The normalized spacial score (nSPS) is 22.2. The van der Waals surface area contributed by atoms with E-state index < -0.39 is 5.54 Å². The first kappa shape index (κ1) is 20.8. The van der Waals surface area contributed by atoms with Gasteiger partial charge in [-0.2, -0.15) is 0 Å². The average Bonchev–Trinajstić information content (AvgIpc) is 3.12. The summed E-state index contributed by atoms with van der Waals surface area (Å²) < 4.78 is 7.40. The number of aromatic nitrogens is 1. The summed E-state index contributed by atoms with van der Waals surface area (Å²) in [6.45, 7) is 5.08. The molecule has 2 amide bonds. The molecule has 4 rings (SSSR count). The molecule has 1 aromatic carbocycles. The fourth-order valence-corrected chi connectivity index (χ4v) is 4.91. The smallest absolute Gasteiger partial charge is 0.271 e. The van der Waals surface area contributed by atoms with Crippen molar-refractivity contribution in [3.05, 3.63) is 30.0 Å². The summed E-state index contributed by atoms with van der Waals surface area (Å²) >= 11 is 0. The average molecular weight is 412 g/mol. The molecule has 1 fully saturated rings. The summed E-state index contributed by atoms with van der Waals surface area (Å²) in [5, 5.41) is 4.27. The monoisotopic (exact) mass is 411 g/mol. The van der Waals surface area contributed by atoms with E-state index in [4.69, 9.17) is 4.74 Å². The molecule has 1 unspecified atom stereocenters. The molecule has 1 aliphatic heterocycles. The number of benzene rings is 1. The Morgan fingerprint density at radius 3 is 2.70 bits per heavy atom. The van der Waals surface area contributed by atoms with Gasteiger partial charge in [-0.25, -0.2) is 0 Å². The topological polar surface area (TPSA) is 63.6 Å². The van der Waals surface area contributed by atoms with Crippen LogP contribution in [-0.2, 0) is 11.3 Å². The van der Waals surface area contributed by atoms with E-state index in [-0.39, 0.29) is 17.9 Å². The molecule has 0 spiro atoms. The Hall–Kier alpha value is -2.50. The van der Waals surface area contributed by atoms with Crippen LogP contribution in [0.25, 0.3) is 10.9 Å². The summed E-state index contributed by atoms with van der Waals surface area (Å²) in [7, 11) is 1.64. The van der Waals surface area contributed by atoms with Crippen LogP contribution in [0.3, 0.4) is 0 Å². The molecule has 2 heterocycles. The SMILES string of the molecule is CCCCN1C(=O)c2cc3ccc(OC)cc3n2CC1(C)C(=O)NC1CCCCC1. The van der Waals surface area contributed by atoms with Crippen molar-refractivity contribution >= 4 is 22.7 Å². The molecule has 6 heteroatoms. The zero-order valence-corrected chi connectivity index (χ0v) is 18.4. The lowest BCUT2D eigenvalue weighted by molar-refractivity contribution is -0.133. The Bertz CT molecular complexity index is 945. The number of nitrogens with one attached hydrogen (secondary N) is 1. The molecule has 1 aliphatic carbocycles. The zero-order chi connectivity index (χ0) is 21.3. The van der Waals surface area contributed by atoms with Gasteiger partial charge in [-0.1, -0.05) is 32.6 Å². The minimum atomic E-state index is -0.911. The van der Waals surface area contributed by atoms with E-state index in [9.17, 15) is 9.59 Å². The van der Waals surface area contributed by atoms with Crippen molar-refractivity contribution in [2.24, 2.45) is 0 Å². The van der Waals surface area contributed by atoms with Crippen LogP contribution in [-0.4, -0.2) is 46.5 Å². The number of rotatable bonds is 6. The molecule has 6 nitrogen and oxygen atoms in total. The van der Waals surface area contributed by atoms with Gasteiger partial charge in [0.25, 0.3) is 5.91 Å². The van der Waals surface area contributed by atoms with Crippen LogP contribution in [0, 0.1) is 0 Å². The van der Waals surface area contributed by atoms with Crippen LogP contribution in [0.4, 0.5) is 0 Å². The fraction of sp³-hybridized carbons (Fsp3) is 0.583. The number of unbranched alkanes of at least 4 members (excludes halogenated alkanes) is 1. The number of carbonyl (C=O) groups is 2. The summed E-state index contributed by atoms with van der Waals surface area (Å²) in [5.74, 6) is 0.651. The van der Waals surface area contributed by atoms with Gasteiger partial charge in [0.05, 0.1) is 19.2 Å². The zero-order valence-electron chi connectivity index (χ0n) is 18.4. The van der Waals surface area contributed by atoms with E-state index in [0.717, 1.165) is 55.2 Å². The molecule has 1 N–H and O–H groups in total. The minimum absolute atomic E-state index is 0.0331. The molecule has 2 aromatic rings. The highest BCUT2D eigenvalue weighted by molar-refractivity contribution is 6.03. The van der Waals surface area contributed by atoms with Crippen LogP contribution in [0.2, 0.25) is 0 Å². The molecule has 1 atom stereocenters. The quantitative estimate of drug-likeness (QED) is 0.778. The number of ether oxygens (including phenoxy) is 1. The van der Waals surface area contributed by atoms with Gasteiger partial charge in [0.1, 0.15) is 17.0 Å². The number of hydrogen-bond acceptors (Lipinski definition) is 3. The molecule has 162 valence electrons. The van der Waals surface area contributed by atoms with Crippen molar-refractivity contribution in [2.45, 2.75) is 76.9 Å². The third-order valence-electron chi connectivity index (χ3n) is 6.80. The first-order valence-electron chi connectivity index (χ1n) is 11.3. The molecular weight excluding hydrogens is 378 g/mol. The Morgan fingerprint density at radius 2 is 2.00 bits per heavy atom. The molecule has 1 aromatic heterocycles. The number of amides is 2. The summed E-state index contributed by atoms with van der Waals surface area (Å²) in [4.78, 5) is 28.9. The highest BCUT2D eigenvalue weighted by atomic mass is 16.5. The summed E-state index contributed by atoms with van der Waals surface area (Å²) in [5.41, 5.74) is 0.674. The molecule has 0 bridgehead atoms. The molecule has 0 saturated heterocycles. The van der Waals surface area contributed by atoms with Gasteiger partial charge in [0, 0.05) is 24.0 Å². The number of nitrogens with zero attached hydrogens (tertiary/aromatic N) is 2. The lowest BCUT2D eigenvalue weighted by Crippen LogP contribution is -2.65. The van der Waals surface area contributed by atoms with Crippen LogP contribution in [0.15, 0.2) is 24.3 Å². The lowest BCUT2D eigenvalue weighted by atomic mass is 9.91. The Morgan fingerprint density at radius 1 is 1.23 bits per heavy atom. The van der Waals surface area contributed by atoms with Gasteiger partial charge in [-0.05, 0) is 44.4 Å². The van der Waals surface area contributed by atoms with Crippen molar-refractivity contribution in [3.8, 4) is 5.75 Å². The summed E-state index contributed by atoms with van der Waals surface area (Å²) in [6, 6.07) is 7.99. The third kappa shape index (κ3) is 3.57. The van der Waals surface area contributed by atoms with Gasteiger partial charge in [0.2, 0.25) is 5.91 Å². The van der Waals surface area contributed by atoms with E-state index >= 15 is 0 Å². The lowest BCUT2D eigenvalue weighted by Gasteiger charge is -2.45. The van der Waals surface area contributed by atoms with E-state index in [1.165, 1.54) is 6.42 Å². The Labute approximate surface area is 178 Å². The van der Waals surface area contributed by atoms with Gasteiger partial charge < -0.3 is 19.5 Å². The molecule has 1 saturated carbocycles. The largest absolute Gasteiger partial charge is 0.497 e. The molecular formula is C24H33N3O3. The molecule has 0 radical (unpaired) electrons. The number of hydrogen-bond donors (Lipinski definition) is 1. The van der Waals surface area contributed by atoms with Gasteiger partial charge in [0.15, 0.2) is 0 Å². The highest BCUT2D eigenvalue weighted by Gasteiger charge is 2.47. The van der Waals surface area contributed by atoms with Crippen molar-refractivity contribution in [2.75, 3.05) is 13.7 Å². The molecule has 30 heavy (non-hydrogen) atoms. The third-order valence-corrected chi connectivity index (χ3v) is 6.80. The number of carbonyl (C=O) groups excluding carboxylic acids is 2. The second-order valence-corrected chi connectivity index (χ2v) is 8.93. The van der Waals surface area contributed by atoms with E-state index in [2.05, 4.69) is 12.2 Å². The number of fused-ring (bicyclic) bond motifs is 3. The predicted octanol–water partition coefficient (Wildman–Crippen LogP) is 4.11. The van der Waals surface area contributed by atoms with Gasteiger partial charge >= 0.3 is 0 Å². The van der Waals surface area contributed by atoms with E-state index in [1.807, 2.05) is 35.8 Å². The second kappa shape index (κ2) is 8.32. The van der Waals surface area contributed by atoms with Crippen LogP contribution < -0.4 is 10.1 Å². The van der Waals surface area contributed by atoms with E-state index in [0.29, 0.717) is 18.8 Å². The minimum Gasteiger partial charge on any atom is -0.497 e. The van der Waals surface area contributed by atoms with Gasteiger partial charge in [-0.3, -0.25) is 9.59 Å². The van der Waals surface area contributed by atoms with Crippen molar-refractivity contribution in [1.29, 1.82) is 0 Å². The maximum absolute atomic E-state index is 13.6. The van der Waals surface area contributed by atoms with Crippen LogP contribution in [0.1, 0.15) is 69.3 Å². The van der Waals surface area contributed by atoms with Crippen molar-refractivity contribution in [1.82, 2.24) is 14.8 Å². The first-order chi connectivity index (χ1) is 14.5. The second-order valence-electron chi connectivity index (χ2n) is 8.93. The predicted molar refractivity (Wildman–Crippen MR) is 118 cm³/mol. The van der Waals surface area contributed by atoms with E-state index in [1.54, 1.807) is 12.0 Å². The fourth-order valence-electron chi connectivity index (χ4n) is 4.91. The van der Waals surface area contributed by atoms with Crippen LogP contribution in [0.5, 0.6) is 5.75 Å². The number of methoxy groups -OCH3 is 1. The maximum Gasteiger partial charge on any atom is 0.271 e. The highest BCUT2D eigenvalue weighted by Crippen LogP contribution is 2.34. The van der Waals surface area contributed by atoms with Gasteiger partial charge in [-0.15, -0.1) is 0 Å². The van der Waals surface area contributed by atoms with Crippen molar-refractivity contribution in [3.63, 3.8) is 0 Å². The standard InChI is InChI=1S/C24H33N3O3/c1-4-5-13-27-22(28)21-14-17-11-12-19(30-3)15-20(17)26(21)16-24(27,2)23(29)25-18-9-7-6-8-10-18/h11-12,14-15,18H,4-10,13,16H2,1-3H3,(H,25,29). The Kier molecular flexibility index (Phi) is 5.76. The molecule has 2 aliphatic rings. The Balaban J connectivity index is 1.72.